The topological polar surface area (TPSA) is 105 Å². The molecule has 156 valence electrons. The SMILES string of the molecule is CC(C)=CCC[C@@H](C)C/C=C/C(=O)O[C@H]1O[C@@H](OC(C)C)[C@H](O)[C@@H](O)[C@@H]1O. The standard InChI is InChI=1S/C20H34O7/c1-12(2)8-6-9-14(5)10-7-11-15(21)26-20-18(24)16(22)17(23)19(27-20)25-13(3)4/h7-8,11,13-14,16-20,22-24H,6,9-10H2,1-5H3/b11-7+/t14-,16-,17-,18+,19-,20+/m1/s1. The smallest absolute Gasteiger partial charge is 0.332 e. The summed E-state index contributed by atoms with van der Waals surface area (Å²) in [7, 11) is 0. The van der Waals surface area contributed by atoms with E-state index in [2.05, 4.69) is 26.8 Å². The monoisotopic (exact) mass is 386 g/mol. The molecule has 0 aromatic carbocycles. The number of ether oxygens (including phenoxy) is 3. The number of aliphatic hydroxyl groups is 3. The molecule has 1 saturated heterocycles. The Labute approximate surface area is 161 Å². The molecule has 1 aliphatic rings. The van der Waals surface area contributed by atoms with Crippen LogP contribution in [0.15, 0.2) is 23.8 Å². The summed E-state index contributed by atoms with van der Waals surface area (Å²) >= 11 is 0. The fourth-order valence-corrected chi connectivity index (χ4v) is 2.62. The predicted molar refractivity (Wildman–Crippen MR) is 101 cm³/mol. The number of carbonyl (C=O) groups excluding carboxylic acids is 1. The highest BCUT2D eigenvalue weighted by atomic mass is 16.8. The zero-order chi connectivity index (χ0) is 20.6. The van der Waals surface area contributed by atoms with Crippen LogP contribution in [-0.2, 0) is 19.0 Å². The first-order valence-electron chi connectivity index (χ1n) is 9.47. The lowest BCUT2D eigenvalue weighted by atomic mass is 10.0. The third kappa shape index (κ3) is 8.53. The van der Waals surface area contributed by atoms with Crippen LogP contribution < -0.4 is 0 Å². The lowest BCUT2D eigenvalue weighted by Gasteiger charge is -2.39. The zero-order valence-corrected chi connectivity index (χ0v) is 16.9. The Bertz CT molecular complexity index is 510. The van der Waals surface area contributed by atoms with Crippen molar-refractivity contribution < 1.29 is 34.3 Å². The molecule has 0 amide bonds. The highest BCUT2D eigenvalue weighted by molar-refractivity contribution is 5.82. The van der Waals surface area contributed by atoms with Crippen molar-refractivity contribution in [2.24, 2.45) is 5.92 Å². The highest BCUT2D eigenvalue weighted by Gasteiger charge is 2.46. The van der Waals surface area contributed by atoms with Gasteiger partial charge in [0.2, 0.25) is 6.29 Å². The molecule has 1 rings (SSSR count). The van der Waals surface area contributed by atoms with Crippen molar-refractivity contribution in [1.82, 2.24) is 0 Å². The van der Waals surface area contributed by atoms with Crippen LogP contribution in [0.2, 0.25) is 0 Å². The Morgan fingerprint density at radius 3 is 2.30 bits per heavy atom. The van der Waals surface area contributed by atoms with Crippen LogP contribution in [0.1, 0.15) is 53.9 Å². The van der Waals surface area contributed by atoms with E-state index in [1.54, 1.807) is 19.9 Å². The fraction of sp³-hybridized carbons (Fsp3) is 0.750. The normalized spacial score (nSPS) is 29.7. The summed E-state index contributed by atoms with van der Waals surface area (Å²) in [5.41, 5.74) is 1.29. The predicted octanol–water partition coefficient (Wildman–Crippen LogP) is 2.05. The van der Waals surface area contributed by atoms with Crippen LogP contribution in [0.3, 0.4) is 0 Å². The first-order chi connectivity index (χ1) is 12.6. The molecule has 6 atom stereocenters. The molecule has 0 bridgehead atoms. The Kier molecular flexibility index (Phi) is 10.2. The van der Waals surface area contributed by atoms with E-state index in [1.807, 2.05) is 0 Å². The van der Waals surface area contributed by atoms with Crippen LogP contribution in [0.5, 0.6) is 0 Å². The first-order valence-corrected chi connectivity index (χ1v) is 9.47. The van der Waals surface area contributed by atoms with E-state index in [0.29, 0.717) is 5.92 Å². The maximum Gasteiger partial charge on any atom is 0.332 e. The molecule has 3 N–H and O–H groups in total. The molecule has 0 unspecified atom stereocenters. The Balaban J connectivity index is 2.50. The van der Waals surface area contributed by atoms with Crippen molar-refractivity contribution in [1.29, 1.82) is 0 Å². The maximum atomic E-state index is 12.0. The number of rotatable bonds is 9. The minimum atomic E-state index is -1.56. The Hall–Kier alpha value is -1.25. The van der Waals surface area contributed by atoms with Crippen LogP contribution >= 0.6 is 0 Å². The summed E-state index contributed by atoms with van der Waals surface area (Å²) in [5, 5.41) is 29.8. The second kappa shape index (κ2) is 11.6. The average Bonchev–Trinajstić information content (AvgIpc) is 2.56. The number of esters is 1. The van der Waals surface area contributed by atoms with Crippen LogP contribution in [-0.4, -0.2) is 58.3 Å². The van der Waals surface area contributed by atoms with Gasteiger partial charge >= 0.3 is 5.97 Å². The molecule has 1 fully saturated rings. The second-order valence-corrected chi connectivity index (χ2v) is 7.57. The van der Waals surface area contributed by atoms with Crippen LogP contribution in [0.4, 0.5) is 0 Å². The minimum Gasteiger partial charge on any atom is -0.429 e. The average molecular weight is 386 g/mol. The van der Waals surface area contributed by atoms with Gasteiger partial charge in [0, 0.05) is 6.08 Å². The van der Waals surface area contributed by atoms with Gasteiger partial charge < -0.3 is 29.5 Å². The molecule has 0 saturated carbocycles. The molecule has 1 aliphatic heterocycles. The van der Waals surface area contributed by atoms with Gasteiger partial charge in [-0.1, -0.05) is 24.6 Å². The van der Waals surface area contributed by atoms with Gasteiger partial charge in [0.15, 0.2) is 6.29 Å². The summed E-state index contributed by atoms with van der Waals surface area (Å²) in [4.78, 5) is 12.0. The van der Waals surface area contributed by atoms with Gasteiger partial charge in [0.25, 0.3) is 0 Å². The second-order valence-electron chi connectivity index (χ2n) is 7.57. The number of aliphatic hydroxyl groups excluding tert-OH is 3. The van der Waals surface area contributed by atoms with Crippen LogP contribution in [0.25, 0.3) is 0 Å². The van der Waals surface area contributed by atoms with E-state index in [1.165, 1.54) is 11.6 Å². The molecule has 0 aromatic rings. The largest absolute Gasteiger partial charge is 0.429 e. The zero-order valence-electron chi connectivity index (χ0n) is 16.9. The van der Waals surface area contributed by atoms with Crippen molar-refractivity contribution in [3.8, 4) is 0 Å². The van der Waals surface area contributed by atoms with Crippen LogP contribution in [0, 0.1) is 5.92 Å². The van der Waals surface area contributed by atoms with Crippen molar-refractivity contribution in [2.45, 2.75) is 90.9 Å². The molecular weight excluding hydrogens is 352 g/mol. The van der Waals surface area contributed by atoms with E-state index in [9.17, 15) is 20.1 Å². The molecule has 0 spiro atoms. The lowest BCUT2D eigenvalue weighted by Crippen LogP contribution is -2.59. The van der Waals surface area contributed by atoms with Gasteiger partial charge in [-0.15, -0.1) is 0 Å². The van der Waals surface area contributed by atoms with Crippen molar-refractivity contribution in [3.63, 3.8) is 0 Å². The molecule has 1 heterocycles. The third-order valence-electron chi connectivity index (χ3n) is 4.17. The van der Waals surface area contributed by atoms with E-state index in [-0.39, 0.29) is 6.10 Å². The molecular formula is C20H34O7. The van der Waals surface area contributed by atoms with Gasteiger partial charge in [-0.2, -0.15) is 0 Å². The molecule has 0 aromatic heterocycles. The van der Waals surface area contributed by atoms with Gasteiger partial charge in [-0.25, -0.2) is 4.79 Å². The summed E-state index contributed by atoms with van der Waals surface area (Å²) < 4.78 is 15.7. The van der Waals surface area contributed by atoms with Gasteiger partial charge in [0.1, 0.15) is 18.3 Å². The first kappa shape index (κ1) is 23.8. The molecule has 7 nitrogen and oxygen atoms in total. The van der Waals surface area contributed by atoms with E-state index < -0.39 is 36.9 Å². The molecule has 0 aliphatic carbocycles. The van der Waals surface area contributed by atoms with Gasteiger partial charge in [0.05, 0.1) is 6.10 Å². The molecule has 7 heteroatoms. The van der Waals surface area contributed by atoms with E-state index in [0.717, 1.165) is 19.3 Å². The lowest BCUT2D eigenvalue weighted by molar-refractivity contribution is -0.346. The Morgan fingerprint density at radius 1 is 1.07 bits per heavy atom. The third-order valence-corrected chi connectivity index (χ3v) is 4.17. The van der Waals surface area contributed by atoms with Crippen molar-refractivity contribution in [3.05, 3.63) is 23.8 Å². The fourth-order valence-electron chi connectivity index (χ4n) is 2.62. The number of carbonyl (C=O) groups is 1. The minimum absolute atomic E-state index is 0.281. The van der Waals surface area contributed by atoms with Crippen molar-refractivity contribution in [2.75, 3.05) is 0 Å². The summed E-state index contributed by atoms with van der Waals surface area (Å²) in [6.45, 7) is 9.70. The van der Waals surface area contributed by atoms with E-state index in [4.69, 9.17) is 14.2 Å². The number of hydrogen-bond donors (Lipinski definition) is 3. The van der Waals surface area contributed by atoms with Gasteiger partial charge in [-0.3, -0.25) is 0 Å². The summed E-state index contributed by atoms with van der Waals surface area (Å²) in [6, 6.07) is 0. The van der Waals surface area contributed by atoms with Gasteiger partial charge in [-0.05, 0) is 52.9 Å². The highest BCUT2D eigenvalue weighted by Crippen LogP contribution is 2.24. The quantitative estimate of drug-likeness (QED) is 0.316. The number of allylic oxidation sites excluding steroid dienone is 3. The van der Waals surface area contributed by atoms with Crippen molar-refractivity contribution >= 4 is 5.97 Å². The number of hydrogen-bond acceptors (Lipinski definition) is 7. The summed E-state index contributed by atoms with van der Waals surface area (Å²) in [5.74, 6) is -0.274. The summed E-state index contributed by atoms with van der Waals surface area (Å²) in [6.07, 6.45) is 0.499. The molecule has 27 heavy (non-hydrogen) atoms. The Morgan fingerprint density at radius 2 is 1.70 bits per heavy atom. The van der Waals surface area contributed by atoms with E-state index >= 15 is 0 Å². The maximum absolute atomic E-state index is 12.0. The molecule has 0 radical (unpaired) electrons.